The Bertz CT molecular complexity index is 508. The van der Waals surface area contributed by atoms with Crippen molar-refractivity contribution in [3.05, 3.63) is 59.9 Å². The quantitative estimate of drug-likeness (QED) is 0.610. The molecule has 2 rings (SSSR count). The van der Waals surface area contributed by atoms with E-state index in [0.29, 0.717) is 5.69 Å². The van der Waals surface area contributed by atoms with Gasteiger partial charge in [-0.1, -0.05) is 24.3 Å². The number of para-hydroxylation sites is 1. The number of aryl methyl sites for hydroxylation is 1. The van der Waals surface area contributed by atoms with Crippen LogP contribution in [0.3, 0.4) is 0 Å². The molecule has 3 N–H and O–H groups in total. The Morgan fingerprint density at radius 1 is 0.947 bits per heavy atom. The van der Waals surface area contributed by atoms with Crippen LogP contribution in [-0.2, 0) is 6.42 Å². The van der Waals surface area contributed by atoms with Gasteiger partial charge in [-0.15, -0.1) is 0 Å². The first kappa shape index (κ1) is 13.4. The SMILES string of the molecule is Nc1ccc(CCCCNc2ccccc2F)cc1. The number of rotatable bonds is 6. The highest BCUT2D eigenvalue weighted by Gasteiger charge is 1.99. The molecule has 0 aliphatic heterocycles. The maximum absolute atomic E-state index is 13.3. The van der Waals surface area contributed by atoms with Crippen LogP contribution in [0.25, 0.3) is 0 Å². The minimum atomic E-state index is -0.193. The smallest absolute Gasteiger partial charge is 0.146 e. The molecule has 0 saturated heterocycles. The van der Waals surface area contributed by atoms with Crippen molar-refractivity contribution < 1.29 is 4.39 Å². The van der Waals surface area contributed by atoms with Crippen LogP contribution in [0.4, 0.5) is 15.8 Å². The normalized spacial score (nSPS) is 10.4. The van der Waals surface area contributed by atoms with Gasteiger partial charge >= 0.3 is 0 Å². The van der Waals surface area contributed by atoms with Crippen LogP contribution in [0, 0.1) is 5.82 Å². The van der Waals surface area contributed by atoms with E-state index in [9.17, 15) is 4.39 Å². The second-order valence-electron chi connectivity index (χ2n) is 4.61. The van der Waals surface area contributed by atoms with Gasteiger partial charge in [-0.05, 0) is 49.1 Å². The summed E-state index contributed by atoms with van der Waals surface area (Å²) in [5.74, 6) is -0.193. The molecule has 0 atom stereocenters. The molecule has 2 aromatic rings. The van der Waals surface area contributed by atoms with E-state index in [1.807, 2.05) is 18.2 Å². The number of anilines is 2. The number of nitrogens with two attached hydrogens (primary N) is 1. The van der Waals surface area contributed by atoms with Crippen LogP contribution in [-0.4, -0.2) is 6.54 Å². The lowest BCUT2D eigenvalue weighted by Crippen LogP contribution is -2.03. The zero-order chi connectivity index (χ0) is 13.5. The summed E-state index contributed by atoms with van der Waals surface area (Å²) in [6.07, 6.45) is 3.11. The third kappa shape index (κ3) is 4.28. The van der Waals surface area contributed by atoms with Crippen LogP contribution in [0.5, 0.6) is 0 Å². The molecule has 0 fully saturated rings. The van der Waals surface area contributed by atoms with Gasteiger partial charge in [0, 0.05) is 12.2 Å². The molecule has 100 valence electrons. The molecule has 0 bridgehead atoms. The monoisotopic (exact) mass is 258 g/mol. The molecule has 3 heteroatoms. The summed E-state index contributed by atoms with van der Waals surface area (Å²) in [4.78, 5) is 0. The van der Waals surface area contributed by atoms with Crippen molar-refractivity contribution in [1.29, 1.82) is 0 Å². The number of benzene rings is 2. The number of halogens is 1. The largest absolute Gasteiger partial charge is 0.399 e. The second kappa shape index (κ2) is 6.78. The molecule has 0 aromatic heterocycles. The van der Waals surface area contributed by atoms with Gasteiger partial charge in [0.25, 0.3) is 0 Å². The van der Waals surface area contributed by atoms with Gasteiger partial charge in [0.15, 0.2) is 0 Å². The van der Waals surface area contributed by atoms with Gasteiger partial charge in [0.05, 0.1) is 5.69 Å². The predicted octanol–water partition coefficient (Wildman–Crippen LogP) is 3.84. The predicted molar refractivity (Wildman–Crippen MR) is 78.7 cm³/mol. The van der Waals surface area contributed by atoms with Crippen LogP contribution in [0.2, 0.25) is 0 Å². The molecule has 0 unspecified atom stereocenters. The summed E-state index contributed by atoms with van der Waals surface area (Å²) in [6.45, 7) is 0.788. The highest BCUT2D eigenvalue weighted by molar-refractivity contribution is 5.44. The Morgan fingerprint density at radius 2 is 1.68 bits per heavy atom. The number of hydrogen-bond donors (Lipinski definition) is 2. The lowest BCUT2D eigenvalue weighted by Gasteiger charge is -2.07. The second-order valence-corrected chi connectivity index (χ2v) is 4.61. The van der Waals surface area contributed by atoms with Crippen LogP contribution < -0.4 is 11.1 Å². The average molecular weight is 258 g/mol. The van der Waals surface area contributed by atoms with Crippen LogP contribution in [0.15, 0.2) is 48.5 Å². The summed E-state index contributed by atoms with van der Waals surface area (Å²) in [6, 6.07) is 14.7. The lowest BCUT2D eigenvalue weighted by molar-refractivity contribution is 0.629. The zero-order valence-corrected chi connectivity index (χ0v) is 10.9. The van der Waals surface area contributed by atoms with Gasteiger partial charge in [0.2, 0.25) is 0 Å². The van der Waals surface area contributed by atoms with E-state index in [1.165, 1.54) is 11.6 Å². The van der Waals surface area contributed by atoms with Crippen molar-refractivity contribution in [3.8, 4) is 0 Å². The molecule has 0 heterocycles. The van der Waals surface area contributed by atoms with E-state index in [1.54, 1.807) is 12.1 Å². The van der Waals surface area contributed by atoms with E-state index in [-0.39, 0.29) is 5.82 Å². The Kier molecular flexibility index (Phi) is 4.78. The average Bonchev–Trinajstić information content (AvgIpc) is 2.42. The summed E-state index contributed by atoms with van der Waals surface area (Å²) < 4.78 is 13.3. The molecular weight excluding hydrogens is 239 g/mol. The Hall–Kier alpha value is -2.03. The van der Waals surface area contributed by atoms with Gasteiger partial charge in [-0.25, -0.2) is 4.39 Å². The van der Waals surface area contributed by atoms with Crippen molar-refractivity contribution in [3.63, 3.8) is 0 Å². The van der Waals surface area contributed by atoms with Gasteiger partial charge in [-0.3, -0.25) is 0 Å². The highest BCUT2D eigenvalue weighted by Crippen LogP contribution is 2.13. The molecule has 0 spiro atoms. The van der Waals surface area contributed by atoms with Crippen molar-refractivity contribution in [2.75, 3.05) is 17.6 Å². The summed E-state index contributed by atoms with van der Waals surface area (Å²) >= 11 is 0. The fraction of sp³-hybridized carbons (Fsp3) is 0.250. The number of unbranched alkanes of at least 4 members (excludes halogenated alkanes) is 1. The molecule has 2 nitrogen and oxygen atoms in total. The van der Waals surface area contributed by atoms with Crippen LogP contribution in [0.1, 0.15) is 18.4 Å². The molecule has 19 heavy (non-hydrogen) atoms. The molecule has 0 saturated carbocycles. The van der Waals surface area contributed by atoms with E-state index in [0.717, 1.165) is 31.5 Å². The molecule has 2 aromatic carbocycles. The summed E-state index contributed by atoms with van der Waals surface area (Å²) in [5.41, 5.74) is 8.30. The van der Waals surface area contributed by atoms with E-state index in [4.69, 9.17) is 5.73 Å². The fourth-order valence-electron chi connectivity index (χ4n) is 1.97. The third-order valence-electron chi connectivity index (χ3n) is 3.06. The minimum Gasteiger partial charge on any atom is -0.399 e. The first-order chi connectivity index (χ1) is 9.25. The Balaban J connectivity index is 1.67. The Morgan fingerprint density at radius 3 is 2.42 bits per heavy atom. The summed E-state index contributed by atoms with van der Waals surface area (Å²) in [7, 11) is 0. The van der Waals surface area contributed by atoms with Crippen molar-refractivity contribution in [1.82, 2.24) is 0 Å². The van der Waals surface area contributed by atoms with Crippen molar-refractivity contribution in [2.45, 2.75) is 19.3 Å². The number of hydrogen-bond acceptors (Lipinski definition) is 2. The first-order valence-corrected chi connectivity index (χ1v) is 6.58. The molecule has 0 aliphatic carbocycles. The third-order valence-corrected chi connectivity index (χ3v) is 3.06. The molecule has 0 aliphatic rings. The molecule has 0 radical (unpaired) electrons. The van der Waals surface area contributed by atoms with Crippen molar-refractivity contribution in [2.24, 2.45) is 0 Å². The first-order valence-electron chi connectivity index (χ1n) is 6.58. The standard InChI is InChI=1S/C16H19FN2/c17-15-6-1-2-7-16(15)19-12-4-3-5-13-8-10-14(18)11-9-13/h1-2,6-11,19H,3-5,12,18H2. The number of nitrogen functional groups attached to an aromatic ring is 1. The Labute approximate surface area is 113 Å². The molecule has 0 amide bonds. The minimum absolute atomic E-state index is 0.193. The van der Waals surface area contributed by atoms with Gasteiger partial charge in [-0.2, -0.15) is 0 Å². The van der Waals surface area contributed by atoms with Gasteiger partial charge in [0.1, 0.15) is 5.82 Å². The number of nitrogens with one attached hydrogen (secondary N) is 1. The molecular formula is C16H19FN2. The highest BCUT2D eigenvalue weighted by atomic mass is 19.1. The van der Waals surface area contributed by atoms with Crippen molar-refractivity contribution >= 4 is 11.4 Å². The topological polar surface area (TPSA) is 38.0 Å². The van der Waals surface area contributed by atoms with Crippen LogP contribution >= 0.6 is 0 Å². The maximum atomic E-state index is 13.3. The van der Waals surface area contributed by atoms with E-state index in [2.05, 4.69) is 17.4 Å². The van der Waals surface area contributed by atoms with E-state index >= 15 is 0 Å². The lowest BCUT2D eigenvalue weighted by atomic mass is 10.1. The van der Waals surface area contributed by atoms with E-state index < -0.39 is 0 Å². The fourth-order valence-corrected chi connectivity index (χ4v) is 1.97. The summed E-state index contributed by atoms with van der Waals surface area (Å²) in [5, 5.41) is 3.11. The van der Waals surface area contributed by atoms with Gasteiger partial charge < -0.3 is 11.1 Å². The maximum Gasteiger partial charge on any atom is 0.146 e. The zero-order valence-electron chi connectivity index (χ0n) is 10.9.